The fourth-order valence-electron chi connectivity index (χ4n) is 0.901. The molecule has 0 spiro atoms. The molecule has 0 aliphatic carbocycles. The van der Waals surface area contributed by atoms with Crippen molar-refractivity contribution >= 4 is 23.1 Å². The average Bonchev–Trinajstić information content (AvgIpc) is 2.48. The van der Waals surface area contributed by atoms with Gasteiger partial charge in [-0.05, 0) is 39.2 Å². The number of allylic oxidation sites excluding steroid dienone is 1. The Balaban J connectivity index is 3.13. The van der Waals surface area contributed by atoms with E-state index in [4.69, 9.17) is 0 Å². The Morgan fingerprint density at radius 1 is 1.27 bits per heavy atom. The van der Waals surface area contributed by atoms with Crippen molar-refractivity contribution < 1.29 is 0 Å². The quantitative estimate of drug-likeness (QED) is 0.570. The lowest BCUT2D eigenvalue weighted by Gasteiger charge is -1.96. The molecule has 0 amide bonds. The fraction of sp³-hybridized carbons (Fsp3) is 0.400. The molecule has 0 atom stereocenters. The molecule has 1 aromatic rings. The van der Waals surface area contributed by atoms with Crippen LogP contribution in [0, 0.1) is 6.92 Å². The van der Waals surface area contributed by atoms with Gasteiger partial charge in [0.25, 0.3) is 0 Å². The predicted octanol–water partition coefficient (Wildman–Crippen LogP) is 2.61. The zero-order valence-corrected chi connectivity index (χ0v) is 10.2. The molecule has 0 unspecified atom stereocenters. The maximum atomic E-state index is 4.31. The summed E-state index contributed by atoms with van der Waals surface area (Å²) in [5.74, 6) is 1.33. The summed E-state index contributed by atoms with van der Waals surface area (Å²) in [4.78, 5) is 12.8. The van der Waals surface area contributed by atoms with E-state index in [1.165, 1.54) is 11.5 Å². The molecular weight excluding hydrogens is 208 g/mol. The highest BCUT2D eigenvalue weighted by Crippen LogP contribution is 2.09. The summed E-state index contributed by atoms with van der Waals surface area (Å²) in [6.07, 6.45) is 0. The lowest BCUT2D eigenvalue weighted by molar-refractivity contribution is 1.15. The number of amidine groups is 1. The molecule has 0 aliphatic heterocycles. The molecule has 0 fully saturated rings. The summed E-state index contributed by atoms with van der Waals surface area (Å²) >= 11 is 1.30. The summed E-state index contributed by atoms with van der Waals surface area (Å²) in [5.41, 5.74) is 1.64. The zero-order chi connectivity index (χ0) is 11.4. The Kier molecular flexibility index (Phi) is 3.85. The van der Waals surface area contributed by atoms with Gasteiger partial charge in [0.2, 0.25) is 0 Å². The Labute approximate surface area is 93.7 Å². The van der Waals surface area contributed by atoms with E-state index in [1.807, 2.05) is 27.7 Å². The SMILES string of the molecule is C=C(C)N=C(N=C(C)C)c1nc(C)ns1. The topological polar surface area (TPSA) is 50.5 Å². The summed E-state index contributed by atoms with van der Waals surface area (Å²) < 4.78 is 4.10. The molecule has 5 heteroatoms. The molecule has 4 nitrogen and oxygen atoms in total. The van der Waals surface area contributed by atoms with E-state index in [2.05, 4.69) is 25.9 Å². The van der Waals surface area contributed by atoms with Crippen molar-refractivity contribution in [1.82, 2.24) is 9.36 Å². The Bertz CT molecular complexity index is 424. The Hall–Kier alpha value is -1.36. The van der Waals surface area contributed by atoms with Crippen LogP contribution in [0.2, 0.25) is 0 Å². The van der Waals surface area contributed by atoms with E-state index < -0.39 is 0 Å². The van der Waals surface area contributed by atoms with Crippen LogP contribution in [0.4, 0.5) is 0 Å². The first-order valence-corrected chi connectivity index (χ1v) is 5.33. The molecule has 0 saturated heterocycles. The first-order chi connectivity index (χ1) is 6.99. The minimum Gasteiger partial charge on any atom is -0.236 e. The number of aromatic nitrogens is 2. The first kappa shape index (κ1) is 11.7. The van der Waals surface area contributed by atoms with Gasteiger partial charge in [-0.1, -0.05) is 6.58 Å². The minimum absolute atomic E-state index is 0.591. The summed E-state index contributed by atoms with van der Waals surface area (Å²) in [7, 11) is 0. The van der Waals surface area contributed by atoms with Gasteiger partial charge in [-0.25, -0.2) is 15.0 Å². The van der Waals surface area contributed by atoms with Crippen LogP contribution in [0.15, 0.2) is 22.3 Å². The van der Waals surface area contributed by atoms with Gasteiger partial charge in [-0.3, -0.25) is 0 Å². The van der Waals surface area contributed by atoms with Gasteiger partial charge < -0.3 is 0 Å². The molecule has 15 heavy (non-hydrogen) atoms. The second-order valence-electron chi connectivity index (χ2n) is 3.38. The van der Waals surface area contributed by atoms with Crippen LogP contribution in [0.25, 0.3) is 0 Å². The number of aryl methyl sites for hydroxylation is 1. The number of rotatable bonds is 2. The van der Waals surface area contributed by atoms with Crippen molar-refractivity contribution in [2.45, 2.75) is 27.7 Å². The van der Waals surface area contributed by atoms with Crippen LogP contribution in [0.1, 0.15) is 31.6 Å². The summed E-state index contributed by atoms with van der Waals surface area (Å²) in [6, 6.07) is 0. The maximum absolute atomic E-state index is 4.31. The third kappa shape index (κ3) is 3.71. The summed E-state index contributed by atoms with van der Waals surface area (Å²) in [5, 5.41) is 0.733. The molecular formula is C10H14N4S. The molecule has 0 aromatic carbocycles. The van der Waals surface area contributed by atoms with Gasteiger partial charge in [0, 0.05) is 11.4 Å². The molecule has 0 aliphatic rings. The number of aliphatic imine (C=N–C) groups is 2. The molecule has 80 valence electrons. The lowest BCUT2D eigenvalue weighted by Crippen LogP contribution is -2.00. The van der Waals surface area contributed by atoms with Crippen molar-refractivity contribution in [2.75, 3.05) is 0 Å². The monoisotopic (exact) mass is 222 g/mol. The van der Waals surface area contributed by atoms with Crippen LogP contribution in [0.3, 0.4) is 0 Å². The predicted molar refractivity (Wildman–Crippen MR) is 64.8 cm³/mol. The normalized spacial score (nSPS) is 11.3. The second kappa shape index (κ2) is 4.93. The Morgan fingerprint density at radius 2 is 1.93 bits per heavy atom. The van der Waals surface area contributed by atoms with Gasteiger partial charge in [-0.2, -0.15) is 4.37 Å². The van der Waals surface area contributed by atoms with Crippen LogP contribution in [-0.2, 0) is 0 Å². The van der Waals surface area contributed by atoms with Gasteiger partial charge in [0.1, 0.15) is 5.82 Å². The molecule has 1 aromatic heterocycles. The van der Waals surface area contributed by atoms with E-state index in [1.54, 1.807) is 0 Å². The molecule has 0 saturated carbocycles. The number of hydrogen-bond acceptors (Lipinski definition) is 4. The number of hydrogen-bond donors (Lipinski definition) is 0. The zero-order valence-electron chi connectivity index (χ0n) is 9.40. The van der Waals surface area contributed by atoms with Crippen LogP contribution >= 0.6 is 11.5 Å². The molecule has 1 rings (SSSR count). The smallest absolute Gasteiger partial charge is 0.190 e. The van der Waals surface area contributed by atoms with E-state index in [0.717, 1.165) is 16.5 Å². The van der Waals surface area contributed by atoms with Gasteiger partial charge in [0.05, 0.1) is 0 Å². The van der Waals surface area contributed by atoms with Crippen molar-refractivity contribution in [3.63, 3.8) is 0 Å². The van der Waals surface area contributed by atoms with Gasteiger partial charge in [-0.15, -0.1) is 0 Å². The van der Waals surface area contributed by atoms with Crippen molar-refractivity contribution in [3.05, 3.63) is 23.1 Å². The second-order valence-corrected chi connectivity index (χ2v) is 4.13. The lowest BCUT2D eigenvalue weighted by atomic mass is 10.4. The Morgan fingerprint density at radius 3 is 2.33 bits per heavy atom. The van der Waals surface area contributed by atoms with Crippen molar-refractivity contribution in [2.24, 2.45) is 9.98 Å². The highest BCUT2D eigenvalue weighted by molar-refractivity contribution is 7.07. The van der Waals surface area contributed by atoms with Crippen molar-refractivity contribution in [3.8, 4) is 0 Å². The number of nitrogens with zero attached hydrogens (tertiary/aromatic N) is 4. The van der Waals surface area contributed by atoms with Crippen LogP contribution in [0.5, 0.6) is 0 Å². The average molecular weight is 222 g/mol. The van der Waals surface area contributed by atoms with Crippen LogP contribution < -0.4 is 0 Å². The van der Waals surface area contributed by atoms with Gasteiger partial charge >= 0.3 is 0 Å². The minimum atomic E-state index is 0.591. The maximum Gasteiger partial charge on any atom is 0.190 e. The molecule has 0 N–H and O–H groups in total. The van der Waals surface area contributed by atoms with E-state index >= 15 is 0 Å². The summed E-state index contributed by atoms with van der Waals surface area (Å²) in [6.45, 7) is 11.2. The highest BCUT2D eigenvalue weighted by atomic mass is 32.1. The van der Waals surface area contributed by atoms with Crippen molar-refractivity contribution in [1.29, 1.82) is 0 Å². The molecule has 0 radical (unpaired) electrons. The largest absolute Gasteiger partial charge is 0.236 e. The standard InChI is InChI=1S/C10H14N4S/c1-6(2)11-9(12-7(3)4)10-13-8(5)14-15-10/h1H2,2-5H3. The van der Waals surface area contributed by atoms with Crippen LogP contribution in [-0.4, -0.2) is 20.9 Å². The van der Waals surface area contributed by atoms with E-state index in [-0.39, 0.29) is 0 Å². The molecule has 1 heterocycles. The fourth-order valence-corrected chi connectivity index (χ4v) is 1.51. The third-order valence-electron chi connectivity index (χ3n) is 1.35. The molecule has 0 bridgehead atoms. The third-order valence-corrected chi connectivity index (χ3v) is 2.15. The first-order valence-electron chi connectivity index (χ1n) is 4.56. The highest BCUT2D eigenvalue weighted by Gasteiger charge is 2.07. The van der Waals surface area contributed by atoms with Gasteiger partial charge in [0.15, 0.2) is 10.8 Å². The van der Waals surface area contributed by atoms with E-state index in [0.29, 0.717) is 11.5 Å². The van der Waals surface area contributed by atoms with E-state index in [9.17, 15) is 0 Å².